The van der Waals surface area contributed by atoms with Gasteiger partial charge in [-0.05, 0) is 25.5 Å². The molecule has 0 spiro atoms. The van der Waals surface area contributed by atoms with Crippen molar-refractivity contribution in [2.24, 2.45) is 4.40 Å². The molecular weight excluding hydrogens is 304 g/mol. The summed E-state index contributed by atoms with van der Waals surface area (Å²) in [7, 11) is -8.91. The molecule has 0 atom stereocenters. The highest BCUT2D eigenvalue weighted by molar-refractivity contribution is 8.03. The van der Waals surface area contributed by atoms with Crippen molar-refractivity contribution in [2.75, 3.05) is 6.54 Å². The first kappa shape index (κ1) is 16.5. The van der Waals surface area contributed by atoms with Crippen LogP contribution in [0.2, 0.25) is 0 Å². The van der Waals surface area contributed by atoms with Crippen LogP contribution in [0.25, 0.3) is 0 Å². The smallest absolute Gasteiger partial charge is 0.210 e. The second-order valence-electron chi connectivity index (χ2n) is 4.02. The fourth-order valence-corrected chi connectivity index (χ4v) is 4.86. The van der Waals surface area contributed by atoms with Crippen molar-refractivity contribution >= 4 is 26.3 Å². The van der Waals surface area contributed by atoms with Crippen molar-refractivity contribution in [3.8, 4) is 0 Å². The van der Waals surface area contributed by atoms with Crippen molar-refractivity contribution in [3.05, 3.63) is 29.3 Å². The van der Waals surface area contributed by atoms with Crippen LogP contribution in [-0.4, -0.2) is 33.2 Å². The predicted octanol–water partition coefficient (Wildman–Crippen LogP) is 0.895. The maximum absolute atomic E-state index is 12.4. The quantitative estimate of drug-likeness (QED) is 0.593. The molecular formula is C11H14N2O5S2. The summed E-state index contributed by atoms with van der Waals surface area (Å²) in [5.74, 6) is 0. The van der Waals surface area contributed by atoms with Gasteiger partial charge in [-0.2, -0.15) is 8.42 Å². The molecule has 0 saturated heterocycles. The number of hydrogen-bond donors (Lipinski definition) is 0. The van der Waals surface area contributed by atoms with Gasteiger partial charge in [-0.1, -0.05) is 32.7 Å². The molecule has 1 rings (SSSR count). The van der Waals surface area contributed by atoms with Gasteiger partial charge in [-0.25, -0.2) is 13.2 Å². The molecule has 0 aliphatic carbocycles. The lowest BCUT2D eigenvalue weighted by molar-refractivity contribution is 0.506. The summed E-state index contributed by atoms with van der Waals surface area (Å²) in [6.07, 6.45) is 0.851. The topological polar surface area (TPSA) is 101 Å². The fourth-order valence-electron chi connectivity index (χ4n) is 1.75. The van der Waals surface area contributed by atoms with Gasteiger partial charge in [0.1, 0.15) is 0 Å². The van der Waals surface area contributed by atoms with Crippen molar-refractivity contribution < 1.29 is 21.6 Å². The molecule has 0 fully saturated rings. The van der Waals surface area contributed by atoms with Gasteiger partial charge in [0.05, 0.1) is 4.90 Å². The minimum atomic E-state index is -4.61. The Morgan fingerprint density at radius 3 is 2.25 bits per heavy atom. The summed E-state index contributed by atoms with van der Waals surface area (Å²) < 4.78 is 50.9. The summed E-state index contributed by atoms with van der Waals surface area (Å²) in [6.45, 7) is 4.31. The first-order valence-corrected chi connectivity index (χ1v) is 8.44. The molecule has 9 heteroatoms. The number of aryl methyl sites for hydroxylation is 2. The maximum Gasteiger partial charge on any atom is 0.346 e. The highest BCUT2D eigenvalue weighted by Crippen LogP contribution is 2.23. The van der Waals surface area contributed by atoms with Crippen LogP contribution in [0.3, 0.4) is 0 Å². The molecule has 7 nitrogen and oxygen atoms in total. The molecule has 0 aliphatic rings. The van der Waals surface area contributed by atoms with Gasteiger partial charge >= 0.3 is 10.2 Å². The number of isocyanates is 1. The van der Waals surface area contributed by atoms with E-state index >= 15 is 0 Å². The lowest BCUT2D eigenvalue weighted by Crippen LogP contribution is -2.35. The Bertz CT molecular complexity index is 762. The van der Waals surface area contributed by atoms with Crippen LogP contribution in [0, 0.1) is 13.8 Å². The summed E-state index contributed by atoms with van der Waals surface area (Å²) >= 11 is 0. The largest absolute Gasteiger partial charge is 0.346 e. The van der Waals surface area contributed by atoms with Crippen molar-refractivity contribution in [2.45, 2.75) is 25.7 Å². The molecule has 110 valence electrons. The average Bonchev–Trinajstić information content (AvgIpc) is 2.27. The molecule has 1 aromatic carbocycles. The van der Waals surface area contributed by atoms with Crippen LogP contribution in [0.1, 0.15) is 18.1 Å². The van der Waals surface area contributed by atoms with Gasteiger partial charge in [0.15, 0.2) is 0 Å². The first-order chi connectivity index (χ1) is 9.16. The maximum atomic E-state index is 12.4. The van der Waals surface area contributed by atoms with Crippen LogP contribution in [-0.2, 0) is 25.0 Å². The first-order valence-electron chi connectivity index (χ1n) is 5.61. The van der Waals surface area contributed by atoms with Crippen molar-refractivity contribution in [1.29, 1.82) is 0 Å². The summed E-state index contributed by atoms with van der Waals surface area (Å²) in [4.78, 5) is 9.98. The Balaban J connectivity index is 3.52. The number of hydrogen-bond acceptors (Lipinski definition) is 5. The third-order valence-corrected chi connectivity index (χ3v) is 6.58. The van der Waals surface area contributed by atoms with E-state index in [0.717, 1.165) is 11.6 Å². The number of nitrogens with zero attached hydrogens (tertiary/aromatic N) is 2. The number of rotatable bonds is 5. The van der Waals surface area contributed by atoms with E-state index in [-0.39, 0.29) is 15.2 Å². The number of sulfonamides is 1. The minimum absolute atomic E-state index is 0.144. The molecule has 1 aromatic rings. The highest BCUT2D eigenvalue weighted by atomic mass is 32.3. The molecule has 0 bridgehead atoms. The third-order valence-electron chi connectivity index (χ3n) is 2.54. The second kappa shape index (κ2) is 5.84. The Labute approximate surface area is 118 Å². The molecule has 0 heterocycles. The minimum Gasteiger partial charge on any atom is -0.210 e. The average molecular weight is 318 g/mol. The van der Waals surface area contributed by atoms with Crippen LogP contribution in [0.15, 0.2) is 27.5 Å². The Morgan fingerprint density at radius 1 is 1.20 bits per heavy atom. The van der Waals surface area contributed by atoms with Gasteiger partial charge in [-0.15, -0.1) is 0 Å². The van der Waals surface area contributed by atoms with Crippen LogP contribution in [0.5, 0.6) is 0 Å². The molecule has 0 saturated carbocycles. The van der Waals surface area contributed by atoms with Crippen molar-refractivity contribution in [3.63, 3.8) is 0 Å². The highest BCUT2D eigenvalue weighted by Gasteiger charge is 2.34. The molecule has 0 aliphatic heterocycles. The van der Waals surface area contributed by atoms with E-state index in [2.05, 4.69) is 4.40 Å². The Kier molecular flexibility index (Phi) is 4.82. The zero-order valence-electron chi connectivity index (χ0n) is 11.2. The van der Waals surface area contributed by atoms with Crippen LogP contribution < -0.4 is 0 Å². The zero-order valence-corrected chi connectivity index (χ0v) is 12.8. The SMILES string of the molecule is CCN(S(=O)(=O)N=C=O)S(=O)(=O)c1ccc(C)cc1C. The summed E-state index contributed by atoms with van der Waals surface area (Å²) in [5, 5.41) is 0. The van der Waals surface area contributed by atoms with Gasteiger partial charge in [0, 0.05) is 6.54 Å². The number of carbonyl (C=O) groups excluding carboxylic acids is 1. The lowest BCUT2D eigenvalue weighted by atomic mass is 10.2. The second-order valence-corrected chi connectivity index (χ2v) is 7.60. The van der Waals surface area contributed by atoms with Crippen LogP contribution >= 0.6 is 0 Å². The van der Waals surface area contributed by atoms with E-state index in [4.69, 9.17) is 0 Å². The van der Waals surface area contributed by atoms with E-state index in [0.29, 0.717) is 5.56 Å². The van der Waals surface area contributed by atoms with Crippen LogP contribution in [0.4, 0.5) is 0 Å². The zero-order chi connectivity index (χ0) is 15.6. The molecule has 0 radical (unpaired) electrons. The number of benzene rings is 1. The van der Waals surface area contributed by atoms with E-state index < -0.39 is 20.2 Å². The van der Waals surface area contributed by atoms with Gasteiger partial charge in [0.2, 0.25) is 0 Å². The van der Waals surface area contributed by atoms with Crippen molar-refractivity contribution in [1.82, 2.24) is 3.71 Å². The summed E-state index contributed by atoms with van der Waals surface area (Å²) in [5.41, 5.74) is 1.26. The lowest BCUT2D eigenvalue weighted by Gasteiger charge is -2.18. The van der Waals surface area contributed by atoms with Gasteiger partial charge in [0.25, 0.3) is 16.1 Å². The van der Waals surface area contributed by atoms with E-state index in [1.54, 1.807) is 26.0 Å². The molecule has 0 unspecified atom stereocenters. The fraction of sp³-hybridized carbons (Fsp3) is 0.364. The normalized spacial score (nSPS) is 12.2. The van der Waals surface area contributed by atoms with Gasteiger partial charge in [-0.3, -0.25) is 0 Å². The van der Waals surface area contributed by atoms with E-state index in [1.807, 2.05) is 0 Å². The van der Waals surface area contributed by atoms with Gasteiger partial charge < -0.3 is 0 Å². The molecule has 0 amide bonds. The molecule has 0 N–H and O–H groups in total. The van der Waals surface area contributed by atoms with E-state index in [9.17, 15) is 21.6 Å². The monoisotopic (exact) mass is 318 g/mol. The Morgan fingerprint density at radius 2 is 1.80 bits per heavy atom. The molecule has 20 heavy (non-hydrogen) atoms. The van der Waals surface area contributed by atoms with E-state index in [1.165, 1.54) is 13.0 Å². The predicted molar refractivity (Wildman–Crippen MR) is 72.5 cm³/mol. The standard InChI is InChI=1S/C11H14N2O5S2/c1-4-13(20(17,18)12-8-14)19(15,16)11-6-5-9(2)7-10(11)3/h5-7H,4H2,1-3H3. The molecule has 0 aromatic heterocycles. The third kappa shape index (κ3) is 3.13. The summed E-state index contributed by atoms with van der Waals surface area (Å²) in [6, 6.07) is 4.50. The Hall–Kier alpha value is -1.54.